The van der Waals surface area contributed by atoms with Crippen LogP contribution in [0.2, 0.25) is 0 Å². The molecule has 10 heavy (non-hydrogen) atoms. The van der Waals surface area contributed by atoms with Crippen LogP contribution in [0, 0.1) is 0 Å². The van der Waals surface area contributed by atoms with Gasteiger partial charge in [0, 0.05) is 6.42 Å². The zero-order valence-corrected chi connectivity index (χ0v) is 4.98. The van der Waals surface area contributed by atoms with E-state index in [9.17, 15) is 9.59 Å². The minimum Gasteiger partial charge on any atom is -0.479 e. The van der Waals surface area contributed by atoms with E-state index in [1.54, 1.807) is 0 Å². The molecule has 5 heteroatoms. The van der Waals surface area contributed by atoms with Crippen molar-refractivity contribution in [3.05, 3.63) is 0 Å². The number of rotatable bonds is 1. The minimum absolute atomic E-state index is 0.145. The topological polar surface area (TPSA) is 83.8 Å². The van der Waals surface area contributed by atoms with E-state index in [4.69, 9.17) is 10.2 Å². The van der Waals surface area contributed by atoms with Crippen LogP contribution in [-0.4, -0.2) is 34.4 Å². The van der Waals surface area contributed by atoms with Gasteiger partial charge in [-0.25, -0.2) is 9.59 Å². The van der Waals surface area contributed by atoms with Crippen molar-refractivity contribution in [1.82, 2.24) is 0 Å². The number of aliphatic hydroxyl groups is 1. The van der Waals surface area contributed by atoms with Gasteiger partial charge in [0.25, 0.3) is 0 Å². The second-order valence-corrected chi connectivity index (χ2v) is 2.02. The van der Waals surface area contributed by atoms with Gasteiger partial charge in [0.2, 0.25) is 6.10 Å². The van der Waals surface area contributed by atoms with Crippen LogP contribution in [0.5, 0.6) is 0 Å². The minimum atomic E-state index is -1.26. The molecule has 0 bridgehead atoms. The van der Waals surface area contributed by atoms with Crippen molar-refractivity contribution >= 4 is 11.9 Å². The van der Waals surface area contributed by atoms with Gasteiger partial charge in [-0.15, -0.1) is 0 Å². The molecule has 5 nitrogen and oxygen atoms in total. The molecule has 0 radical (unpaired) electrons. The Kier molecular flexibility index (Phi) is 1.58. The maximum atomic E-state index is 10.4. The van der Waals surface area contributed by atoms with E-state index in [0.29, 0.717) is 0 Å². The van der Waals surface area contributed by atoms with E-state index in [-0.39, 0.29) is 6.42 Å². The molecule has 1 fully saturated rings. The highest BCUT2D eigenvalue weighted by molar-refractivity contribution is 5.84. The van der Waals surface area contributed by atoms with Crippen LogP contribution in [-0.2, 0) is 14.3 Å². The highest BCUT2D eigenvalue weighted by Gasteiger charge is 2.37. The third-order valence-corrected chi connectivity index (χ3v) is 1.24. The van der Waals surface area contributed by atoms with E-state index >= 15 is 0 Å². The summed E-state index contributed by atoms with van der Waals surface area (Å²) in [6.45, 7) is 0. The van der Waals surface area contributed by atoms with Crippen molar-refractivity contribution in [2.75, 3.05) is 0 Å². The molecular formula is C5H6O5. The molecule has 0 amide bonds. The van der Waals surface area contributed by atoms with Crippen LogP contribution < -0.4 is 0 Å². The largest absolute Gasteiger partial charge is 0.479 e. The van der Waals surface area contributed by atoms with Gasteiger partial charge >= 0.3 is 11.9 Å². The number of aliphatic hydroxyl groups excluding tert-OH is 1. The second kappa shape index (κ2) is 2.26. The van der Waals surface area contributed by atoms with Crippen molar-refractivity contribution in [2.24, 2.45) is 0 Å². The van der Waals surface area contributed by atoms with Gasteiger partial charge < -0.3 is 14.9 Å². The predicted molar refractivity (Wildman–Crippen MR) is 28.1 cm³/mol. The standard InChI is InChI=1S/C5H6O5/c6-2-1-3(4(7)8)10-5(2)9/h2-3,6H,1H2,(H,7,8)/t2-,3+/m0/s1. The Morgan fingerprint density at radius 1 is 1.70 bits per heavy atom. The van der Waals surface area contributed by atoms with Crippen LogP contribution in [0.4, 0.5) is 0 Å². The molecule has 0 spiro atoms. The van der Waals surface area contributed by atoms with Gasteiger partial charge in [-0.3, -0.25) is 0 Å². The molecule has 56 valence electrons. The molecule has 1 saturated heterocycles. The SMILES string of the molecule is O=C1O[C@@H](C(=O)O)C[C@@H]1O. The van der Waals surface area contributed by atoms with Crippen LogP contribution in [0.3, 0.4) is 0 Å². The lowest BCUT2D eigenvalue weighted by atomic mass is 10.2. The lowest BCUT2D eigenvalue weighted by Crippen LogP contribution is -2.18. The maximum absolute atomic E-state index is 10.4. The number of hydrogen-bond acceptors (Lipinski definition) is 4. The quantitative estimate of drug-likeness (QED) is 0.451. The summed E-state index contributed by atoms with van der Waals surface area (Å²) in [6.07, 6.45) is -2.57. The summed E-state index contributed by atoms with van der Waals surface area (Å²) in [6, 6.07) is 0. The lowest BCUT2D eigenvalue weighted by molar-refractivity contribution is -0.158. The van der Waals surface area contributed by atoms with Crippen LogP contribution in [0.15, 0.2) is 0 Å². The first kappa shape index (κ1) is 7.01. The summed E-state index contributed by atoms with van der Waals surface area (Å²) >= 11 is 0. The van der Waals surface area contributed by atoms with Crippen LogP contribution in [0.25, 0.3) is 0 Å². The molecule has 2 N–H and O–H groups in total. The average molecular weight is 146 g/mol. The van der Waals surface area contributed by atoms with Crippen molar-refractivity contribution in [1.29, 1.82) is 0 Å². The Bertz CT molecular complexity index is 175. The van der Waals surface area contributed by atoms with Gasteiger partial charge in [-0.1, -0.05) is 0 Å². The van der Waals surface area contributed by atoms with E-state index in [1.807, 2.05) is 0 Å². The molecule has 1 aliphatic rings. The summed E-state index contributed by atoms with van der Waals surface area (Å²) < 4.78 is 4.25. The van der Waals surface area contributed by atoms with E-state index in [0.717, 1.165) is 0 Å². The fraction of sp³-hybridized carbons (Fsp3) is 0.600. The molecule has 2 atom stereocenters. The average Bonchev–Trinajstić information content (AvgIpc) is 2.13. The predicted octanol–water partition coefficient (Wildman–Crippen LogP) is -1.25. The number of hydrogen-bond donors (Lipinski definition) is 2. The Hall–Kier alpha value is -1.10. The zero-order valence-electron chi connectivity index (χ0n) is 4.98. The van der Waals surface area contributed by atoms with Crippen molar-refractivity contribution < 1.29 is 24.5 Å². The number of carbonyl (C=O) groups is 2. The Morgan fingerprint density at radius 2 is 2.30 bits per heavy atom. The van der Waals surface area contributed by atoms with Crippen molar-refractivity contribution in [2.45, 2.75) is 18.6 Å². The van der Waals surface area contributed by atoms with Gasteiger partial charge in [0.1, 0.15) is 0 Å². The summed E-state index contributed by atoms with van der Waals surface area (Å²) in [7, 11) is 0. The number of carbonyl (C=O) groups excluding carboxylic acids is 1. The number of carboxylic acid groups (broad SMARTS) is 1. The number of ether oxygens (including phenoxy) is 1. The first-order valence-electron chi connectivity index (χ1n) is 2.72. The Labute approximate surface area is 56.2 Å². The summed E-state index contributed by atoms with van der Waals surface area (Å²) in [5.41, 5.74) is 0. The molecule has 1 heterocycles. The van der Waals surface area contributed by atoms with Gasteiger partial charge in [0.15, 0.2) is 6.10 Å². The number of aliphatic carboxylic acids is 1. The van der Waals surface area contributed by atoms with E-state index < -0.39 is 24.1 Å². The molecule has 0 unspecified atom stereocenters. The lowest BCUT2D eigenvalue weighted by Gasteiger charge is -1.98. The van der Waals surface area contributed by atoms with Crippen molar-refractivity contribution in [3.8, 4) is 0 Å². The Morgan fingerprint density at radius 3 is 2.50 bits per heavy atom. The Balaban J connectivity index is 2.57. The first-order valence-corrected chi connectivity index (χ1v) is 2.72. The third-order valence-electron chi connectivity index (χ3n) is 1.24. The summed E-state index contributed by atoms with van der Waals surface area (Å²) in [5.74, 6) is -2.07. The van der Waals surface area contributed by atoms with E-state index in [1.165, 1.54) is 0 Å². The number of carboxylic acids is 1. The van der Waals surface area contributed by atoms with Gasteiger partial charge in [0.05, 0.1) is 0 Å². The number of cyclic esters (lactones) is 1. The molecule has 0 aromatic carbocycles. The molecule has 1 aliphatic heterocycles. The molecular weight excluding hydrogens is 140 g/mol. The smallest absolute Gasteiger partial charge is 0.345 e. The fourth-order valence-electron chi connectivity index (χ4n) is 0.717. The monoisotopic (exact) mass is 146 g/mol. The molecule has 0 aromatic heterocycles. The molecule has 0 aromatic rings. The summed E-state index contributed by atoms with van der Waals surface area (Å²) in [4.78, 5) is 20.5. The first-order chi connectivity index (χ1) is 4.61. The maximum Gasteiger partial charge on any atom is 0.345 e. The summed E-state index contributed by atoms with van der Waals surface area (Å²) in [5, 5.41) is 16.9. The normalized spacial score (nSPS) is 31.9. The highest BCUT2D eigenvalue weighted by Crippen LogP contribution is 2.14. The van der Waals surface area contributed by atoms with Crippen LogP contribution >= 0.6 is 0 Å². The highest BCUT2D eigenvalue weighted by atomic mass is 16.6. The molecule has 0 saturated carbocycles. The molecule has 1 rings (SSSR count). The van der Waals surface area contributed by atoms with Gasteiger partial charge in [-0.2, -0.15) is 0 Å². The number of esters is 1. The van der Waals surface area contributed by atoms with E-state index in [2.05, 4.69) is 4.74 Å². The second-order valence-electron chi connectivity index (χ2n) is 2.02. The van der Waals surface area contributed by atoms with Crippen LogP contribution in [0.1, 0.15) is 6.42 Å². The van der Waals surface area contributed by atoms with Gasteiger partial charge in [-0.05, 0) is 0 Å². The zero-order chi connectivity index (χ0) is 7.72. The fourth-order valence-corrected chi connectivity index (χ4v) is 0.717. The molecule has 0 aliphatic carbocycles. The van der Waals surface area contributed by atoms with Crippen molar-refractivity contribution in [3.63, 3.8) is 0 Å². The third kappa shape index (κ3) is 1.08.